The standard InChI is InChI=1S/C13H15BrN4/c14-11-4-5-13(15-9-11)17-7-1-3-12(10-17)18-8-2-6-16-18/h2,4-6,8-9,12H,1,3,7,10H2. The van der Waals surface area contributed by atoms with Crippen LogP contribution in [-0.4, -0.2) is 27.9 Å². The van der Waals surface area contributed by atoms with Crippen LogP contribution in [-0.2, 0) is 0 Å². The zero-order valence-corrected chi connectivity index (χ0v) is 11.6. The highest BCUT2D eigenvalue weighted by molar-refractivity contribution is 9.10. The fourth-order valence-electron chi connectivity index (χ4n) is 2.43. The minimum Gasteiger partial charge on any atom is -0.354 e. The Balaban J connectivity index is 1.76. The fraction of sp³-hybridized carbons (Fsp3) is 0.385. The summed E-state index contributed by atoms with van der Waals surface area (Å²) in [6.45, 7) is 2.06. The molecule has 0 bridgehead atoms. The number of hydrogen-bond donors (Lipinski definition) is 0. The summed E-state index contributed by atoms with van der Waals surface area (Å²) in [6, 6.07) is 6.55. The Morgan fingerprint density at radius 3 is 3.00 bits per heavy atom. The highest BCUT2D eigenvalue weighted by Gasteiger charge is 2.22. The average Bonchev–Trinajstić information content (AvgIpc) is 2.94. The van der Waals surface area contributed by atoms with E-state index in [9.17, 15) is 0 Å². The third-order valence-corrected chi connectivity index (χ3v) is 3.80. The molecule has 1 fully saturated rings. The van der Waals surface area contributed by atoms with Gasteiger partial charge in [0.15, 0.2) is 0 Å². The third-order valence-electron chi connectivity index (χ3n) is 3.33. The predicted molar refractivity (Wildman–Crippen MR) is 74.6 cm³/mol. The van der Waals surface area contributed by atoms with Crippen LogP contribution in [0.1, 0.15) is 18.9 Å². The summed E-state index contributed by atoms with van der Waals surface area (Å²) >= 11 is 3.42. The van der Waals surface area contributed by atoms with Crippen molar-refractivity contribution in [1.82, 2.24) is 14.8 Å². The highest BCUT2D eigenvalue weighted by atomic mass is 79.9. The summed E-state index contributed by atoms with van der Waals surface area (Å²) < 4.78 is 3.08. The van der Waals surface area contributed by atoms with E-state index in [0.717, 1.165) is 23.4 Å². The van der Waals surface area contributed by atoms with Gasteiger partial charge in [-0.15, -0.1) is 0 Å². The molecule has 3 rings (SSSR count). The lowest BCUT2D eigenvalue weighted by Gasteiger charge is -2.33. The fourth-order valence-corrected chi connectivity index (χ4v) is 2.66. The number of halogens is 1. The maximum atomic E-state index is 4.47. The van der Waals surface area contributed by atoms with Crippen molar-refractivity contribution < 1.29 is 0 Å². The molecule has 2 aromatic rings. The Morgan fingerprint density at radius 1 is 1.33 bits per heavy atom. The molecule has 5 heteroatoms. The first kappa shape index (κ1) is 11.7. The van der Waals surface area contributed by atoms with Crippen molar-refractivity contribution in [1.29, 1.82) is 0 Å². The normalized spacial score (nSPS) is 20.1. The smallest absolute Gasteiger partial charge is 0.128 e. The average molecular weight is 307 g/mol. The van der Waals surface area contributed by atoms with Crippen LogP contribution in [0.3, 0.4) is 0 Å². The van der Waals surface area contributed by atoms with E-state index in [1.807, 2.05) is 30.7 Å². The number of rotatable bonds is 2. The Morgan fingerprint density at radius 2 is 2.28 bits per heavy atom. The van der Waals surface area contributed by atoms with Crippen molar-refractivity contribution in [3.8, 4) is 0 Å². The zero-order chi connectivity index (χ0) is 12.4. The number of nitrogens with zero attached hydrogens (tertiary/aromatic N) is 4. The van der Waals surface area contributed by atoms with E-state index in [4.69, 9.17) is 0 Å². The van der Waals surface area contributed by atoms with Crippen molar-refractivity contribution in [2.24, 2.45) is 0 Å². The van der Waals surface area contributed by atoms with Crippen molar-refractivity contribution in [3.05, 3.63) is 41.3 Å². The van der Waals surface area contributed by atoms with Gasteiger partial charge in [-0.2, -0.15) is 5.10 Å². The van der Waals surface area contributed by atoms with Crippen LogP contribution >= 0.6 is 15.9 Å². The number of piperidine rings is 1. The monoisotopic (exact) mass is 306 g/mol. The second kappa shape index (κ2) is 5.10. The Bertz CT molecular complexity index is 494. The minimum atomic E-state index is 0.458. The Hall–Kier alpha value is -1.36. The summed E-state index contributed by atoms with van der Waals surface area (Å²) in [5.41, 5.74) is 0. The summed E-state index contributed by atoms with van der Waals surface area (Å²) in [6.07, 6.45) is 8.11. The van der Waals surface area contributed by atoms with Crippen molar-refractivity contribution in [3.63, 3.8) is 0 Å². The zero-order valence-electron chi connectivity index (χ0n) is 10.0. The maximum Gasteiger partial charge on any atom is 0.128 e. The molecule has 0 aliphatic carbocycles. The van der Waals surface area contributed by atoms with E-state index in [0.29, 0.717) is 6.04 Å². The van der Waals surface area contributed by atoms with E-state index >= 15 is 0 Å². The molecule has 1 atom stereocenters. The van der Waals surface area contributed by atoms with Crippen molar-refractivity contribution in [2.75, 3.05) is 18.0 Å². The van der Waals surface area contributed by atoms with Gasteiger partial charge < -0.3 is 4.90 Å². The molecule has 0 radical (unpaired) electrons. The molecule has 1 saturated heterocycles. The molecule has 0 aromatic carbocycles. The summed E-state index contributed by atoms with van der Waals surface area (Å²) in [5.74, 6) is 1.05. The van der Waals surface area contributed by atoms with Gasteiger partial charge in [-0.25, -0.2) is 4.98 Å². The SMILES string of the molecule is Brc1ccc(N2CCCC(n3cccn3)C2)nc1. The van der Waals surface area contributed by atoms with Crippen LogP contribution in [0.5, 0.6) is 0 Å². The molecular formula is C13H15BrN4. The Labute approximate surface area is 115 Å². The lowest BCUT2D eigenvalue weighted by molar-refractivity contribution is 0.375. The van der Waals surface area contributed by atoms with E-state index in [-0.39, 0.29) is 0 Å². The summed E-state index contributed by atoms with van der Waals surface area (Å²) in [7, 11) is 0. The first-order valence-corrected chi connectivity index (χ1v) is 6.98. The molecule has 2 aromatic heterocycles. The highest BCUT2D eigenvalue weighted by Crippen LogP contribution is 2.25. The molecule has 1 aliphatic heterocycles. The van der Waals surface area contributed by atoms with Gasteiger partial charge in [-0.05, 0) is 47.0 Å². The van der Waals surface area contributed by atoms with Crippen LogP contribution in [0, 0.1) is 0 Å². The number of pyridine rings is 1. The largest absolute Gasteiger partial charge is 0.354 e. The van der Waals surface area contributed by atoms with Gasteiger partial charge in [0.05, 0.1) is 6.04 Å². The second-order valence-electron chi connectivity index (χ2n) is 4.56. The lowest BCUT2D eigenvalue weighted by Crippen LogP contribution is -2.37. The van der Waals surface area contributed by atoms with Crippen LogP contribution < -0.4 is 4.90 Å². The van der Waals surface area contributed by atoms with Crippen LogP contribution in [0.25, 0.3) is 0 Å². The van der Waals surface area contributed by atoms with Gasteiger partial charge in [-0.3, -0.25) is 4.68 Å². The second-order valence-corrected chi connectivity index (χ2v) is 5.48. The first-order chi connectivity index (χ1) is 8.83. The maximum absolute atomic E-state index is 4.47. The minimum absolute atomic E-state index is 0.458. The van der Waals surface area contributed by atoms with Crippen molar-refractivity contribution >= 4 is 21.7 Å². The number of aromatic nitrogens is 3. The molecule has 0 saturated carbocycles. The number of hydrogen-bond acceptors (Lipinski definition) is 3. The summed E-state index contributed by atoms with van der Waals surface area (Å²) in [5, 5.41) is 4.34. The Kier molecular flexibility index (Phi) is 3.32. The van der Waals surface area contributed by atoms with E-state index < -0.39 is 0 Å². The molecule has 4 nitrogen and oxygen atoms in total. The van der Waals surface area contributed by atoms with Crippen molar-refractivity contribution in [2.45, 2.75) is 18.9 Å². The molecule has 1 unspecified atom stereocenters. The molecular weight excluding hydrogens is 292 g/mol. The van der Waals surface area contributed by atoms with Gasteiger partial charge >= 0.3 is 0 Å². The van der Waals surface area contributed by atoms with Gasteiger partial charge in [-0.1, -0.05) is 0 Å². The third kappa shape index (κ3) is 2.41. The molecule has 94 valence electrons. The summed E-state index contributed by atoms with van der Waals surface area (Å²) in [4.78, 5) is 6.80. The van der Waals surface area contributed by atoms with Crippen LogP contribution in [0.15, 0.2) is 41.3 Å². The van der Waals surface area contributed by atoms with Gasteiger partial charge in [0.1, 0.15) is 5.82 Å². The van der Waals surface area contributed by atoms with Gasteiger partial charge in [0.25, 0.3) is 0 Å². The molecule has 1 aliphatic rings. The quantitative estimate of drug-likeness (QED) is 0.855. The van der Waals surface area contributed by atoms with Crippen LogP contribution in [0.2, 0.25) is 0 Å². The van der Waals surface area contributed by atoms with E-state index in [1.54, 1.807) is 0 Å². The number of anilines is 1. The lowest BCUT2D eigenvalue weighted by atomic mass is 10.1. The molecule has 0 amide bonds. The first-order valence-electron chi connectivity index (χ1n) is 6.18. The van der Waals surface area contributed by atoms with Gasteiger partial charge in [0, 0.05) is 36.2 Å². The molecule has 18 heavy (non-hydrogen) atoms. The van der Waals surface area contributed by atoms with E-state index in [2.05, 4.69) is 41.7 Å². The molecule has 3 heterocycles. The predicted octanol–water partition coefficient (Wildman–Crippen LogP) is 2.88. The van der Waals surface area contributed by atoms with E-state index in [1.165, 1.54) is 12.8 Å². The van der Waals surface area contributed by atoms with Gasteiger partial charge in [0.2, 0.25) is 0 Å². The molecule has 0 N–H and O–H groups in total. The topological polar surface area (TPSA) is 34.0 Å². The molecule has 0 spiro atoms. The van der Waals surface area contributed by atoms with Crippen LogP contribution in [0.4, 0.5) is 5.82 Å².